The number of methoxy groups -OCH3 is 3. The third kappa shape index (κ3) is 4.16. The molecule has 0 saturated heterocycles. The molecule has 3 aromatic rings. The van der Waals surface area contributed by atoms with Crippen LogP contribution in [-0.2, 0) is 6.54 Å². The minimum atomic E-state index is 0.340. The second-order valence-corrected chi connectivity index (χ2v) is 7.93. The number of rotatable bonds is 8. The van der Waals surface area contributed by atoms with E-state index < -0.39 is 0 Å². The van der Waals surface area contributed by atoms with Crippen LogP contribution in [0.2, 0.25) is 0 Å². The maximum Gasteiger partial charge on any atom is 0.204 e. The zero-order valence-corrected chi connectivity index (χ0v) is 19.2. The average Bonchev–Trinajstić information content (AvgIpc) is 3.08. The second kappa shape index (κ2) is 9.41. The van der Waals surface area contributed by atoms with Crippen LogP contribution in [0.15, 0.2) is 22.4 Å². The molecule has 0 atom stereocenters. The molecule has 0 amide bonds. The Morgan fingerprint density at radius 1 is 1.21 bits per heavy atom. The summed E-state index contributed by atoms with van der Waals surface area (Å²) in [4.78, 5) is 14.0. The fourth-order valence-electron chi connectivity index (χ4n) is 2.82. The van der Waals surface area contributed by atoms with E-state index in [9.17, 15) is 0 Å². The van der Waals surface area contributed by atoms with Crippen LogP contribution in [0.5, 0.6) is 17.2 Å². The maximum atomic E-state index is 6.02. The van der Waals surface area contributed by atoms with Crippen molar-refractivity contribution in [3.8, 4) is 29.6 Å². The van der Waals surface area contributed by atoms with Crippen molar-refractivity contribution in [2.45, 2.75) is 29.4 Å². The van der Waals surface area contributed by atoms with Gasteiger partial charge in [0.2, 0.25) is 5.75 Å². The molecule has 2 aromatic heterocycles. The summed E-state index contributed by atoms with van der Waals surface area (Å²) in [7, 11) is 4.76. The molecule has 0 aliphatic carbocycles. The lowest BCUT2D eigenvalue weighted by atomic mass is 10.3. The molecule has 0 spiro atoms. The molecule has 10 heteroatoms. The maximum absolute atomic E-state index is 6.02. The number of anilines is 1. The highest BCUT2D eigenvalue weighted by Crippen LogP contribution is 2.47. The predicted octanol–water partition coefficient (Wildman–Crippen LogP) is 3.60. The van der Waals surface area contributed by atoms with Crippen molar-refractivity contribution in [1.82, 2.24) is 19.5 Å². The average molecular weight is 525 g/mol. The lowest BCUT2D eigenvalue weighted by Gasteiger charge is -2.16. The molecule has 3 rings (SSSR count). The highest BCUT2D eigenvalue weighted by molar-refractivity contribution is 14.1. The van der Waals surface area contributed by atoms with E-state index in [2.05, 4.69) is 43.5 Å². The first kappa shape index (κ1) is 21.3. The third-order valence-electron chi connectivity index (χ3n) is 4.17. The van der Waals surface area contributed by atoms with Crippen LogP contribution in [-0.4, -0.2) is 40.8 Å². The molecule has 2 heterocycles. The molecule has 0 unspecified atom stereocenters. The number of nitrogens with two attached hydrogens (primary N) is 1. The van der Waals surface area contributed by atoms with E-state index in [1.165, 1.54) is 18.1 Å². The van der Waals surface area contributed by atoms with Gasteiger partial charge >= 0.3 is 0 Å². The van der Waals surface area contributed by atoms with Crippen LogP contribution >= 0.6 is 34.4 Å². The van der Waals surface area contributed by atoms with Crippen LogP contribution in [0.4, 0.5) is 5.82 Å². The number of benzene rings is 1. The van der Waals surface area contributed by atoms with Crippen molar-refractivity contribution in [3.05, 3.63) is 16.0 Å². The van der Waals surface area contributed by atoms with Gasteiger partial charge < -0.3 is 24.5 Å². The molecule has 8 nitrogen and oxygen atoms in total. The summed E-state index contributed by atoms with van der Waals surface area (Å²) in [6, 6.07) is 1.90. The zero-order valence-electron chi connectivity index (χ0n) is 16.2. The SMILES string of the molecule is C#CCCCn1c(Sc2cc(OC)c(OC)c(OC)c2I)nc2c(N)ncnc21. The van der Waals surface area contributed by atoms with E-state index in [0.29, 0.717) is 47.2 Å². The van der Waals surface area contributed by atoms with Crippen LogP contribution in [0, 0.1) is 15.9 Å². The van der Waals surface area contributed by atoms with E-state index in [-0.39, 0.29) is 0 Å². The van der Waals surface area contributed by atoms with Crippen LogP contribution < -0.4 is 19.9 Å². The van der Waals surface area contributed by atoms with Gasteiger partial charge in [-0.3, -0.25) is 0 Å². The summed E-state index contributed by atoms with van der Waals surface area (Å²) in [6.45, 7) is 0.667. The van der Waals surface area contributed by atoms with Crippen molar-refractivity contribution < 1.29 is 14.2 Å². The van der Waals surface area contributed by atoms with Gasteiger partial charge in [0, 0.05) is 17.9 Å². The van der Waals surface area contributed by atoms with Gasteiger partial charge in [0.05, 0.1) is 24.9 Å². The Morgan fingerprint density at radius 3 is 2.62 bits per heavy atom. The van der Waals surface area contributed by atoms with Gasteiger partial charge in [-0.15, -0.1) is 12.3 Å². The fourth-order valence-corrected chi connectivity index (χ4v) is 4.74. The Hall–Kier alpha value is -2.39. The Kier molecular flexibility index (Phi) is 6.92. The monoisotopic (exact) mass is 525 g/mol. The summed E-state index contributed by atoms with van der Waals surface area (Å²) >= 11 is 3.69. The van der Waals surface area contributed by atoms with E-state index in [4.69, 9.17) is 26.4 Å². The van der Waals surface area contributed by atoms with Gasteiger partial charge in [0.1, 0.15) is 6.33 Å². The number of imidazole rings is 1. The summed E-state index contributed by atoms with van der Waals surface area (Å²) in [6.07, 6.45) is 8.31. The number of aromatic nitrogens is 4. The molecule has 1 aromatic carbocycles. The van der Waals surface area contributed by atoms with Crippen molar-refractivity contribution in [2.75, 3.05) is 27.1 Å². The number of aryl methyl sites for hydroxylation is 1. The van der Waals surface area contributed by atoms with Crippen molar-refractivity contribution in [2.24, 2.45) is 0 Å². The Morgan fingerprint density at radius 2 is 1.97 bits per heavy atom. The quantitative estimate of drug-likeness (QED) is 0.271. The van der Waals surface area contributed by atoms with Gasteiger partial charge in [-0.1, -0.05) is 11.8 Å². The topological polar surface area (TPSA) is 97.3 Å². The largest absolute Gasteiger partial charge is 0.493 e. The van der Waals surface area contributed by atoms with Crippen molar-refractivity contribution in [1.29, 1.82) is 0 Å². The van der Waals surface area contributed by atoms with E-state index in [1.54, 1.807) is 21.3 Å². The Bertz CT molecular complexity index is 1080. The highest BCUT2D eigenvalue weighted by atomic mass is 127. The molecular formula is C19H20IN5O3S. The van der Waals surface area contributed by atoms with Gasteiger partial charge in [-0.05, 0) is 35.1 Å². The number of ether oxygens (including phenoxy) is 3. The molecule has 0 aliphatic rings. The summed E-state index contributed by atoms with van der Waals surface area (Å²) in [5, 5.41) is 0.733. The molecule has 0 saturated carbocycles. The summed E-state index contributed by atoms with van der Waals surface area (Å²) < 4.78 is 19.4. The van der Waals surface area contributed by atoms with Gasteiger partial charge in [0.15, 0.2) is 33.6 Å². The fraction of sp³-hybridized carbons (Fsp3) is 0.316. The zero-order chi connectivity index (χ0) is 21.0. The molecule has 29 heavy (non-hydrogen) atoms. The standard InChI is InChI=1S/C19H20IN5O3S/c1-5-6-7-8-25-18-14(17(21)22-10-23-18)24-19(25)29-12-9-11(26-2)15(27-3)16(28-4)13(12)20/h1,9-10H,6-8H2,2-4H3,(H2,21,22,23). The minimum absolute atomic E-state index is 0.340. The van der Waals surface area contributed by atoms with E-state index in [0.717, 1.165) is 20.0 Å². The first-order chi connectivity index (χ1) is 14.0. The number of fused-ring (bicyclic) bond motifs is 1. The van der Waals surface area contributed by atoms with Gasteiger partial charge in [0.25, 0.3) is 0 Å². The first-order valence-electron chi connectivity index (χ1n) is 8.62. The van der Waals surface area contributed by atoms with Crippen molar-refractivity contribution in [3.63, 3.8) is 0 Å². The third-order valence-corrected chi connectivity index (χ3v) is 6.64. The molecule has 152 valence electrons. The summed E-state index contributed by atoms with van der Waals surface area (Å²) in [5.41, 5.74) is 7.27. The molecule has 0 aliphatic heterocycles. The Balaban J connectivity index is 2.11. The molecule has 0 bridgehead atoms. The van der Waals surface area contributed by atoms with Gasteiger partial charge in [-0.25, -0.2) is 15.0 Å². The molecule has 2 N–H and O–H groups in total. The summed E-state index contributed by atoms with van der Waals surface area (Å²) in [5.74, 6) is 4.72. The van der Waals surface area contributed by atoms with Crippen LogP contribution in [0.3, 0.4) is 0 Å². The first-order valence-corrected chi connectivity index (χ1v) is 10.5. The molecule has 0 fully saturated rings. The van der Waals surface area contributed by atoms with Gasteiger partial charge in [-0.2, -0.15) is 0 Å². The van der Waals surface area contributed by atoms with Crippen LogP contribution in [0.1, 0.15) is 12.8 Å². The number of nitrogen functional groups attached to an aromatic ring is 1. The molecule has 0 radical (unpaired) electrons. The van der Waals surface area contributed by atoms with E-state index in [1.807, 2.05) is 10.6 Å². The second-order valence-electron chi connectivity index (χ2n) is 5.84. The molecular weight excluding hydrogens is 505 g/mol. The highest BCUT2D eigenvalue weighted by Gasteiger charge is 2.22. The lowest BCUT2D eigenvalue weighted by Crippen LogP contribution is -2.02. The lowest BCUT2D eigenvalue weighted by molar-refractivity contribution is 0.321. The normalized spacial score (nSPS) is 10.7. The number of hydrogen-bond donors (Lipinski definition) is 1. The number of hydrogen-bond acceptors (Lipinski definition) is 8. The number of terminal acetylenes is 1. The Labute approximate surface area is 186 Å². The van der Waals surface area contributed by atoms with E-state index >= 15 is 0 Å². The van der Waals surface area contributed by atoms with Crippen LogP contribution in [0.25, 0.3) is 11.2 Å². The minimum Gasteiger partial charge on any atom is -0.493 e. The number of unbranched alkanes of at least 4 members (excludes halogenated alkanes) is 1. The predicted molar refractivity (Wildman–Crippen MR) is 121 cm³/mol. The number of halogens is 1. The smallest absolute Gasteiger partial charge is 0.204 e. The number of nitrogens with zero attached hydrogens (tertiary/aromatic N) is 4. The van der Waals surface area contributed by atoms with Crippen molar-refractivity contribution >= 4 is 51.3 Å².